The van der Waals surface area contributed by atoms with Crippen LogP contribution in [0.5, 0.6) is 5.75 Å². The second kappa shape index (κ2) is 9.59. The number of ether oxygens (including phenoxy) is 1. The first kappa shape index (κ1) is 21.8. The summed E-state index contributed by atoms with van der Waals surface area (Å²) in [7, 11) is -3.63. The molecule has 0 saturated carbocycles. The highest BCUT2D eigenvalue weighted by Crippen LogP contribution is 2.22. The van der Waals surface area contributed by atoms with Gasteiger partial charge in [0.25, 0.3) is 0 Å². The third kappa shape index (κ3) is 5.99. The molecule has 6 nitrogen and oxygen atoms in total. The largest absolute Gasteiger partial charge is 0.491 e. The van der Waals surface area contributed by atoms with E-state index in [0.717, 1.165) is 17.6 Å². The minimum Gasteiger partial charge on any atom is -0.491 e. The summed E-state index contributed by atoms with van der Waals surface area (Å²) in [6, 6.07) is 15.2. The minimum absolute atomic E-state index is 0.278. The number of para-hydroxylation sites is 1. The fourth-order valence-electron chi connectivity index (χ4n) is 2.87. The lowest BCUT2D eigenvalue weighted by Gasteiger charge is -2.31. The molecule has 0 bridgehead atoms. The van der Waals surface area contributed by atoms with Crippen LogP contribution in [0.25, 0.3) is 0 Å². The number of hydrogen-bond acceptors (Lipinski definition) is 4. The molecule has 28 heavy (non-hydrogen) atoms. The topological polar surface area (TPSA) is 75.7 Å². The van der Waals surface area contributed by atoms with E-state index in [9.17, 15) is 13.2 Å². The highest BCUT2D eigenvalue weighted by molar-refractivity contribution is 7.92. The average Bonchev–Trinajstić information content (AvgIpc) is 2.65. The summed E-state index contributed by atoms with van der Waals surface area (Å²) in [5.41, 5.74) is 1.61. The molecule has 0 unspecified atom stereocenters. The molecule has 0 aliphatic rings. The quantitative estimate of drug-likeness (QED) is 0.697. The Morgan fingerprint density at radius 3 is 2.25 bits per heavy atom. The third-order valence-corrected chi connectivity index (χ3v) is 5.43. The van der Waals surface area contributed by atoms with E-state index in [1.807, 2.05) is 38.1 Å². The highest BCUT2D eigenvalue weighted by Gasteiger charge is 2.31. The molecule has 0 aliphatic carbocycles. The molecule has 0 fully saturated rings. The first-order valence-electron chi connectivity index (χ1n) is 9.26. The van der Waals surface area contributed by atoms with Crippen molar-refractivity contribution in [2.75, 3.05) is 17.2 Å². The van der Waals surface area contributed by atoms with Crippen LogP contribution in [0.15, 0.2) is 54.6 Å². The van der Waals surface area contributed by atoms with E-state index < -0.39 is 16.1 Å². The third-order valence-electron chi connectivity index (χ3n) is 4.25. The van der Waals surface area contributed by atoms with E-state index in [1.54, 1.807) is 37.3 Å². The van der Waals surface area contributed by atoms with Gasteiger partial charge in [-0.2, -0.15) is 0 Å². The standard InChI is InChI=1S/C21H28N2O4S/c1-5-20(23(28(4,25)26)18-9-7-6-8-10-18)21(24)22-17(3)15-27-19-13-11-16(2)12-14-19/h6-14,17,20H,5,15H2,1-4H3,(H,22,24)/t17-,20-/m0/s1. The number of hydrogen-bond donors (Lipinski definition) is 1. The summed E-state index contributed by atoms with van der Waals surface area (Å²) in [6.07, 6.45) is 1.46. The molecule has 0 aromatic heterocycles. The van der Waals surface area contributed by atoms with Crippen LogP contribution in [-0.4, -0.2) is 39.3 Å². The van der Waals surface area contributed by atoms with Gasteiger partial charge >= 0.3 is 0 Å². The number of carbonyl (C=O) groups is 1. The molecule has 0 heterocycles. The van der Waals surface area contributed by atoms with E-state index in [-0.39, 0.29) is 18.6 Å². The van der Waals surface area contributed by atoms with Crippen LogP contribution in [-0.2, 0) is 14.8 Å². The van der Waals surface area contributed by atoms with E-state index in [2.05, 4.69) is 5.32 Å². The summed E-state index contributed by atoms with van der Waals surface area (Å²) in [6.45, 7) is 5.90. The first-order chi connectivity index (χ1) is 13.2. The molecule has 0 aliphatic heterocycles. The van der Waals surface area contributed by atoms with Crippen LogP contribution in [0.2, 0.25) is 0 Å². The van der Waals surface area contributed by atoms with Gasteiger partial charge in [0.2, 0.25) is 15.9 Å². The Hall–Kier alpha value is -2.54. The zero-order chi connectivity index (χ0) is 20.7. The smallest absolute Gasteiger partial charge is 0.244 e. The van der Waals surface area contributed by atoms with Gasteiger partial charge in [0, 0.05) is 0 Å². The maximum absolute atomic E-state index is 12.8. The lowest BCUT2D eigenvalue weighted by molar-refractivity contribution is -0.123. The van der Waals surface area contributed by atoms with Crippen molar-refractivity contribution in [1.82, 2.24) is 5.32 Å². The molecular weight excluding hydrogens is 376 g/mol. The number of sulfonamides is 1. The van der Waals surface area contributed by atoms with Crippen molar-refractivity contribution >= 4 is 21.6 Å². The molecule has 152 valence electrons. The van der Waals surface area contributed by atoms with Crippen molar-refractivity contribution in [1.29, 1.82) is 0 Å². The predicted octanol–water partition coefficient (Wildman–Crippen LogP) is 3.12. The number of rotatable bonds is 9. The van der Waals surface area contributed by atoms with Crippen molar-refractivity contribution < 1.29 is 17.9 Å². The van der Waals surface area contributed by atoms with Gasteiger partial charge in [-0.15, -0.1) is 0 Å². The summed E-state index contributed by atoms with van der Waals surface area (Å²) < 4.78 is 31.6. The molecular formula is C21H28N2O4S. The summed E-state index contributed by atoms with van der Waals surface area (Å²) in [5, 5.41) is 2.86. The Kier molecular flexibility index (Phi) is 7.45. The molecule has 7 heteroatoms. The monoisotopic (exact) mass is 404 g/mol. The maximum atomic E-state index is 12.8. The van der Waals surface area contributed by atoms with Gasteiger partial charge in [-0.05, 0) is 44.5 Å². The molecule has 0 saturated heterocycles. The normalized spacial score (nSPS) is 13.4. The van der Waals surface area contributed by atoms with E-state index in [0.29, 0.717) is 12.1 Å². The number of carbonyl (C=O) groups excluding carboxylic acids is 1. The summed E-state index contributed by atoms with van der Waals surface area (Å²) in [5.74, 6) is 0.373. The molecule has 2 atom stereocenters. The highest BCUT2D eigenvalue weighted by atomic mass is 32.2. The van der Waals surface area contributed by atoms with Gasteiger partial charge < -0.3 is 10.1 Å². The lowest BCUT2D eigenvalue weighted by Crippen LogP contribution is -2.52. The van der Waals surface area contributed by atoms with Gasteiger partial charge in [-0.25, -0.2) is 8.42 Å². The lowest BCUT2D eigenvalue weighted by atomic mass is 10.1. The minimum atomic E-state index is -3.63. The van der Waals surface area contributed by atoms with Crippen LogP contribution < -0.4 is 14.4 Å². The van der Waals surface area contributed by atoms with Gasteiger partial charge in [0.15, 0.2) is 0 Å². The van der Waals surface area contributed by atoms with Crippen molar-refractivity contribution in [3.8, 4) is 5.75 Å². The van der Waals surface area contributed by atoms with E-state index >= 15 is 0 Å². The second-order valence-corrected chi connectivity index (χ2v) is 8.71. The van der Waals surface area contributed by atoms with Gasteiger partial charge in [0.05, 0.1) is 18.0 Å². The van der Waals surface area contributed by atoms with Crippen LogP contribution in [0, 0.1) is 6.92 Å². The molecule has 2 rings (SSSR count). The maximum Gasteiger partial charge on any atom is 0.244 e. The van der Waals surface area contributed by atoms with Gasteiger partial charge in [0.1, 0.15) is 18.4 Å². The van der Waals surface area contributed by atoms with Crippen molar-refractivity contribution in [3.05, 3.63) is 60.2 Å². The Bertz CT molecular complexity index is 867. The number of amides is 1. The molecule has 0 radical (unpaired) electrons. The number of benzene rings is 2. The van der Waals surface area contributed by atoms with Crippen LogP contribution >= 0.6 is 0 Å². The Morgan fingerprint density at radius 1 is 1.11 bits per heavy atom. The van der Waals surface area contributed by atoms with Gasteiger partial charge in [-0.3, -0.25) is 9.10 Å². The molecule has 1 amide bonds. The fraction of sp³-hybridized carbons (Fsp3) is 0.381. The number of anilines is 1. The zero-order valence-corrected chi connectivity index (χ0v) is 17.6. The molecule has 2 aromatic rings. The molecule has 0 spiro atoms. The molecule has 1 N–H and O–H groups in total. The number of nitrogens with zero attached hydrogens (tertiary/aromatic N) is 1. The van der Waals surface area contributed by atoms with Crippen molar-refractivity contribution in [2.24, 2.45) is 0 Å². The zero-order valence-electron chi connectivity index (χ0n) is 16.8. The Balaban J connectivity index is 2.07. The molecule has 2 aromatic carbocycles. The SMILES string of the molecule is CC[C@@H](C(=O)N[C@@H](C)COc1ccc(C)cc1)N(c1ccccc1)S(C)(=O)=O. The first-order valence-corrected chi connectivity index (χ1v) is 11.1. The van der Waals surface area contributed by atoms with E-state index in [1.165, 1.54) is 4.31 Å². The average molecular weight is 405 g/mol. The van der Waals surface area contributed by atoms with Crippen LogP contribution in [0.3, 0.4) is 0 Å². The van der Waals surface area contributed by atoms with Gasteiger partial charge in [-0.1, -0.05) is 42.8 Å². The fourth-order valence-corrected chi connectivity index (χ4v) is 4.08. The summed E-state index contributed by atoms with van der Waals surface area (Å²) >= 11 is 0. The Labute approximate surface area is 167 Å². The van der Waals surface area contributed by atoms with Crippen LogP contribution in [0.1, 0.15) is 25.8 Å². The van der Waals surface area contributed by atoms with E-state index in [4.69, 9.17) is 4.74 Å². The van der Waals surface area contributed by atoms with Crippen molar-refractivity contribution in [3.63, 3.8) is 0 Å². The number of aryl methyl sites for hydroxylation is 1. The van der Waals surface area contributed by atoms with Crippen molar-refractivity contribution in [2.45, 2.75) is 39.3 Å². The Morgan fingerprint density at radius 2 is 1.71 bits per heavy atom. The second-order valence-electron chi connectivity index (χ2n) is 6.85. The van der Waals surface area contributed by atoms with Crippen LogP contribution in [0.4, 0.5) is 5.69 Å². The predicted molar refractivity (Wildman–Crippen MR) is 112 cm³/mol. The summed E-state index contributed by atoms with van der Waals surface area (Å²) in [4.78, 5) is 12.8. The number of nitrogens with one attached hydrogen (secondary N) is 1.